The smallest absolute Gasteiger partial charge is 0.182 e. The van der Waals surface area contributed by atoms with E-state index in [9.17, 15) is 0 Å². The lowest BCUT2D eigenvalue weighted by atomic mass is 10.1. The molecule has 0 amide bonds. The first-order valence-corrected chi connectivity index (χ1v) is 5.90. The van der Waals surface area contributed by atoms with Crippen LogP contribution in [-0.2, 0) is 0 Å². The van der Waals surface area contributed by atoms with Crippen LogP contribution >= 0.6 is 0 Å². The van der Waals surface area contributed by atoms with Gasteiger partial charge in [0.1, 0.15) is 0 Å². The molecule has 5 heteroatoms. The first kappa shape index (κ1) is 11.6. The Kier molecular flexibility index (Phi) is 3.37. The summed E-state index contributed by atoms with van der Waals surface area (Å²) in [5.74, 6) is 0.783. The van der Waals surface area contributed by atoms with Crippen LogP contribution in [0.3, 0.4) is 0 Å². The fourth-order valence-electron chi connectivity index (χ4n) is 1.94. The van der Waals surface area contributed by atoms with E-state index in [0.717, 1.165) is 29.9 Å². The summed E-state index contributed by atoms with van der Waals surface area (Å²) < 4.78 is 1.88. The van der Waals surface area contributed by atoms with Gasteiger partial charge in [-0.2, -0.15) is 0 Å². The Hall–Kier alpha value is -1.91. The lowest BCUT2D eigenvalue weighted by Crippen LogP contribution is -2.10. The fourth-order valence-corrected chi connectivity index (χ4v) is 1.94. The third-order valence-corrected chi connectivity index (χ3v) is 2.93. The summed E-state index contributed by atoms with van der Waals surface area (Å²) >= 11 is 0. The number of anilines is 1. The average Bonchev–Trinajstić information content (AvgIpc) is 2.80. The van der Waals surface area contributed by atoms with Gasteiger partial charge in [0.05, 0.1) is 6.04 Å². The van der Waals surface area contributed by atoms with E-state index < -0.39 is 0 Å². The van der Waals surface area contributed by atoms with Crippen LogP contribution in [0.4, 0.5) is 5.69 Å². The topological polar surface area (TPSA) is 69.6 Å². The number of benzene rings is 1. The van der Waals surface area contributed by atoms with Gasteiger partial charge >= 0.3 is 0 Å². The minimum atomic E-state index is 0.335. The highest BCUT2D eigenvalue weighted by molar-refractivity contribution is 5.60. The second-order valence-electron chi connectivity index (χ2n) is 4.04. The van der Waals surface area contributed by atoms with E-state index in [2.05, 4.69) is 29.4 Å². The minimum absolute atomic E-state index is 0.335. The number of aromatic nitrogens is 4. The molecule has 0 radical (unpaired) electrons. The summed E-state index contributed by atoms with van der Waals surface area (Å²) in [6.07, 6.45) is 2.02. The molecule has 0 spiro atoms. The average molecular weight is 231 g/mol. The van der Waals surface area contributed by atoms with E-state index in [1.807, 2.05) is 28.9 Å². The van der Waals surface area contributed by atoms with Crippen LogP contribution < -0.4 is 5.73 Å². The molecular formula is C12H17N5. The van der Waals surface area contributed by atoms with Gasteiger partial charge in [-0.15, -0.1) is 5.10 Å². The summed E-state index contributed by atoms with van der Waals surface area (Å²) in [5.41, 5.74) is 7.46. The number of nitrogens with two attached hydrogens (primary N) is 1. The van der Waals surface area contributed by atoms with Gasteiger partial charge in [-0.3, -0.25) is 0 Å². The van der Waals surface area contributed by atoms with Crippen LogP contribution in [-0.4, -0.2) is 20.2 Å². The van der Waals surface area contributed by atoms with E-state index in [1.165, 1.54) is 0 Å². The Morgan fingerprint density at radius 1 is 1.29 bits per heavy atom. The lowest BCUT2D eigenvalue weighted by molar-refractivity contribution is 0.422. The monoisotopic (exact) mass is 231 g/mol. The number of tetrazole rings is 1. The van der Waals surface area contributed by atoms with Crippen molar-refractivity contribution in [2.75, 3.05) is 5.73 Å². The highest BCUT2D eigenvalue weighted by Crippen LogP contribution is 2.23. The fraction of sp³-hybridized carbons (Fsp3) is 0.417. The zero-order valence-electron chi connectivity index (χ0n) is 10.2. The summed E-state index contributed by atoms with van der Waals surface area (Å²) in [6, 6.07) is 7.97. The lowest BCUT2D eigenvalue weighted by Gasteiger charge is -2.14. The predicted octanol–water partition coefficient (Wildman–Crippen LogP) is 2.28. The largest absolute Gasteiger partial charge is 0.399 e. The summed E-state index contributed by atoms with van der Waals surface area (Å²) in [4.78, 5) is 0. The molecule has 0 unspecified atom stereocenters. The van der Waals surface area contributed by atoms with Crippen LogP contribution in [0.15, 0.2) is 24.3 Å². The Bertz CT molecular complexity index is 487. The van der Waals surface area contributed by atoms with Crippen molar-refractivity contribution in [2.24, 2.45) is 0 Å². The van der Waals surface area contributed by atoms with Gasteiger partial charge < -0.3 is 5.73 Å². The SMILES string of the molecule is CCC(CC)n1nnnc1-c1cccc(N)c1. The number of nitrogens with zero attached hydrogens (tertiary/aromatic N) is 4. The van der Waals surface area contributed by atoms with Crippen molar-refractivity contribution in [2.45, 2.75) is 32.7 Å². The van der Waals surface area contributed by atoms with Gasteiger partial charge in [-0.05, 0) is 35.4 Å². The molecule has 90 valence electrons. The molecule has 1 aromatic carbocycles. The maximum Gasteiger partial charge on any atom is 0.182 e. The first-order valence-electron chi connectivity index (χ1n) is 5.90. The molecule has 1 heterocycles. The van der Waals surface area contributed by atoms with Crippen molar-refractivity contribution in [3.63, 3.8) is 0 Å². The number of hydrogen-bond acceptors (Lipinski definition) is 4. The van der Waals surface area contributed by atoms with Gasteiger partial charge in [0.15, 0.2) is 5.82 Å². The van der Waals surface area contributed by atoms with Gasteiger partial charge in [0.25, 0.3) is 0 Å². The Balaban J connectivity index is 2.43. The van der Waals surface area contributed by atoms with Crippen molar-refractivity contribution in [3.8, 4) is 11.4 Å². The molecule has 0 bridgehead atoms. The molecular weight excluding hydrogens is 214 g/mol. The second kappa shape index (κ2) is 4.95. The van der Waals surface area contributed by atoms with E-state index in [0.29, 0.717) is 6.04 Å². The third-order valence-electron chi connectivity index (χ3n) is 2.93. The molecule has 0 aliphatic rings. The Morgan fingerprint density at radius 3 is 2.71 bits per heavy atom. The van der Waals surface area contributed by atoms with Crippen LogP contribution in [0, 0.1) is 0 Å². The quantitative estimate of drug-likeness (QED) is 0.819. The molecule has 0 aliphatic carbocycles. The van der Waals surface area contributed by atoms with Crippen molar-refractivity contribution >= 4 is 5.69 Å². The molecule has 0 saturated carbocycles. The van der Waals surface area contributed by atoms with Crippen LogP contribution in [0.2, 0.25) is 0 Å². The molecule has 2 aromatic rings. The summed E-state index contributed by atoms with van der Waals surface area (Å²) in [6.45, 7) is 4.28. The van der Waals surface area contributed by atoms with E-state index >= 15 is 0 Å². The van der Waals surface area contributed by atoms with E-state index in [1.54, 1.807) is 0 Å². The van der Waals surface area contributed by atoms with Crippen molar-refractivity contribution in [1.82, 2.24) is 20.2 Å². The number of nitrogen functional groups attached to an aromatic ring is 1. The van der Waals surface area contributed by atoms with Crippen molar-refractivity contribution in [1.29, 1.82) is 0 Å². The highest BCUT2D eigenvalue weighted by atomic mass is 15.5. The highest BCUT2D eigenvalue weighted by Gasteiger charge is 2.15. The molecule has 5 nitrogen and oxygen atoms in total. The zero-order chi connectivity index (χ0) is 12.3. The van der Waals surface area contributed by atoms with Gasteiger partial charge in [-0.25, -0.2) is 4.68 Å². The van der Waals surface area contributed by atoms with Crippen LogP contribution in [0.1, 0.15) is 32.7 Å². The minimum Gasteiger partial charge on any atom is -0.399 e. The van der Waals surface area contributed by atoms with Gasteiger partial charge in [0.2, 0.25) is 0 Å². The third kappa shape index (κ3) is 2.27. The molecule has 2 rings (SSSR count). The Labute approximate surface area is 101 Å². The molecule has 1 aromatic heterocycles. The summed E-state index contributed by atoms with van der Waals surface area (Å²) in [7, 11) is 0. The van der Waals surface area contributed by atoms with E-state index in [4.69, 9.17) is 5.73 Å². The summed E-state index contributed by atoms with van der Waals surface area (Å²) in [5, 5.41) is 11.9. The maximum atomic E-state index is 5.78. The maximum absolute atomic E-state index is 5.78. The predicted molar refractivity (Wildman–Crippen MR) is 67.3 cm³/mol. The molecule has 0 fully saturated rings. The molecule has 0 aliphatic heterocycles. The molecule has 2 N–H and O–H groups in total. The zero-order valence-corrected chi connectivity index (χ0v) is 10.2. The van der Waals surface area contributed by atoms with Gasteiger partial charge in [-0.1, -0.05) is 26.0 Å². The number of rotatable bonds is 4. The normalized spacial score (nSPS) is 11.0. The molecule has 0 atom stereocenters. The molecule has 17 heavy (non-hydrogen) atoms. The van der Waals surface area contributed by atoms with Gasteiger partial charge in [0, 0.05) is 11.3 Å². The molecule has 0 saturated heterocycles. The number of hydrogen-bond donors (Lipinski definition) is 1. The van der Waals surface area contributed by atoms with Crippen molar-refractivity contribution < 1.29 is 0 Å². The first-order chi connectivity index (χ1) is 8.26. The van der Waals surface area contributed by atoms with E-state index in [-0.39, 0.29) is 0 Å². The van der Waals surface area contributed by atoms with Crippen molar-refractivity contribution in [3.05, 3.63) is 24.3 Å². The second-order valence-corrected chi connectivity index (χ2v) is 4.04. The van der Waals surface area contributed by atoms with Crippen LogP contribution in [0.25, 0.3) is 11.4 Å². The van der Waals surface area contributed by atoms with Crippen LogP contribution in [0.5, 0.6) is 0 Å². The Morgan fingerprint density at radius 2 is 2.06 bits per heavy atom. The standard InChI is InChI=1S/C12H17N5/c1-3-11(4-2)17-12(14-15-16-17)9-6-5-7-10(13)8-9/h5-8,11H,3-4,13H2,1-2H3.